The second kappa shape index (κ2) is 9.34. The molecule has 1 heterocycles. The van der Waals surface area contributed by atoms with Gasteiger partial charge in [0, 0.05) is 18.2 Å². The fourth-order valence-electron chi connectivity index (χ4n) is 2.01. The topological polar surface area (TPSA) is 100 Å². The maximum atomic E-state index is 10.1. The van der Waals surface area contributed by atoms with Crippen LogP contribution in [0.15, 0.2) is 36.4 Å². The largest absolute Gasteiger partial charge is 0.489 e. The molecule has 2 N–H and O–H groups in total. The third-order valence-corrected chi connectivity index (χ3v) is 3.64. The number of halogens is 1. The Balaban J connectivity index is 1.75. The van der Waals surface area contributed by atoms with Crippen LogP contribution >= 0.6 is 11.6 Å². The molecule has 2 rings (SSSR count). The van der Waals surface area contributed by atoms with Crippen molar-refractivity contribution >= 4 is 11.6 Å². The van der Waals surface area contributed by atoms with Crippen LogP contribution in [0.4, 0.5) is 0 Å². The molecule has 7 nitrogen and oxygen atoms in total. The molecule has 1 aromatic heterocycles. The summed E-state index contributed by atoms with van der Waals surface area (Å²) in [6.07, 6.45) is -0.739. The highest BCUT2D eigenvalue weighted by Gasteiger charge is 2.20. The number of nitrogens with one attached hydrogen (secondary N) is 1. The maximum Gasteiger partial charge on any atom is 0.233 e. The van der Waals surface area contributed by atoms with Crippen LogP contribution in [0.5, 0.6) is 11.6 Å². The van der Waals surface area contributed by atoms with Crippen LogP contribution in [0.2, 0.25) is 5.15 Å². The Morgan fingerprint density at radius 1 is 1.23 bits per heavy atom. The lowest BCUT2D eigenvalue weighted by Crippen LogP contribution is -2.48. The normalized spacial score (nSPS) is 12.3. The van der Waals surface area contributed by atoms with Crippen LogP contribution in [0.25, 0.3) is 0 Å². The summed E-state index contributed by atoms with van der Waals surface area (Å²) in [6.45, 7) is 4.58. The van der Waals surface area contributed by atoms with Crippen LogP contribution < -0.4 is 14.8 Å². The summed E-state index contributed by atoms with van der Waals surface area (Å²) < 4.78 is 11.1. The van der Waals surface area contributed by atoms with Gasteiger partial charge in [0.15, 0.2) is 5.15 Å². The van der Waals surface area contributed by atoms with Crippen molar-refractivity contribution in [2.75, 3.05) is 19.8 Å². The van der Waals surface area contributed by atoms with Gasteiger partial charge in [0.25, 0.3) is 0 Å². The molecular weight excluding hydrogens is 356 g/mol. The predicted octanol–water partition coefficient (Wildman–Crippen LogP) is 2.19. The third-order valence-electron chi connectivity index (χ3n) is 3.44. The Labute approximate surface area is 157 Å². The van der Waals surface area contributed by atoms with E-state index in [-0.39, 0.29) is 6.61 Å². The number of ether oxygens (including phenoxy) is 2. The Hall–Kier alpha value is -2.40. The third kappa shape index (κ3) is 6.48. The van der Waals surface area contributed by atoms with Gasteiger partial charge in [0.05, 0.1) is 5.56 Å². The molecule has 0 saturated heterocycles. The smallest absolute Gasteiger partial charge is 0.233 e. The van der Waals surface area contributed by atoms with Crippen molar-refractivity contribution in [2.24, 2.45) is 0 Å². The van der Waals surface area contributed by atoms with E-state index >= 15 is 0 Å². The Bertz CT molecular complexity index is 747. The molecule has 0 radical (unpaired) electrons. The second-order valence-electron chi connectivity index (χ2n) is 6.32. The summed E-state index contributed by atoms with van der Waals surface area (Å²) in [7, 11) is 0. The number of para-hydroxylation sites is 1. The fraction of sp³-hybridized carbons (Fsp3) is 0.389. The van der Waals surface area contributed by atoms with Crippen molar-refractivity contribution < 1.29 is 14.6 Å². The first-order valence-electron chi connectivity index (χ1n) is 8.07. The van der Waals surface area contributed by atoms with Gasteiger partial charge in [0.1, 0.15) is 31.1 Å². The fourth-order valence-corrected chi connectivity index (χ4v) is 2.11. The summed E-state index contributed by atoms with van der Waals surface area (Å²) in [6, 6.07) is 12.2. The molecule has 1 unspecified atom stereocenters. The number of hydrogen-bond donors (Lipinski definition) is 2. The summed E-state index contributed by atoms with van der Waals surface area (Å²) in [4.78, 5) is 0. The van der Waals surface area contributed by atoms with Crippen LogP contribution in [-0.4, -0.2) is 46.7 Å². The van der Waals surface area contributed by atoms with Gasteiger partial charge in [-0.25, -0.2) is 0 Å². The monoisotopic (exact) mass is 376 g/mol. The van der Waals surface area contributed by atoms with E-state index in [0.29, 0.717) is 35.5 Å². The van der Waals surface area contributed by atoms with Gasteiger partial charge < -0.3 is 19.9 Å². The number of nitriles is 1. The summed E-state index contributed by atoms with van der Waals surface area (Å²) >= 11 is 5.68. The zero-order chi connectivity index (χ0) is 19.0. The van der Waals surface area contributed by atoms with Gasteiger partial charge in [-0.3, -0.25) is 0 Å². The van der Waals surface area contributed by atoms with Gasteiger partial charge in [-0.05, 0) is 32.0 Å². The standard InChI is InChI=1S/C18H21ClN4O3/c1-18(2,12-26-17-8-7-16(19)22-23-17)21-10-14(24)11-25-15-6-4-3-5-13(15)9-20/h3-8,14,21,24H,10-12H2,1-2H3. The van der Waals surface area contributed by atoms with E-state index in [2.05, 4.69) is 21.6 Å². The highest BCUT2D eigenvalue weighted by molar-refractivity contribution is 6.29. The number of β-amino-alcohol motifs (C(OH)–C–C–N with tert-alkyl or cyclic N) is 1. The molecule has 8 heteroatoms. The van der Waals surface area contributed by atoms with Gasteiger partial charge in [-0.1, -0.05) is 23.7 Å². The second-order valence-corrected chi connectivity index (χ2v) is 6.71. The minimum absolute atomic E-state index is 0.0747. The number of hydrogen-bond acceptors (Lipinski definition) is 7. The van der Waals surface area contributed by atoms with E-state index in [4.69, 9.17) is 26.3 Å². The van der Waals surface area contributed by atoms with Crippen LogP contribution in [-0.2, 0) is 0 Å². The van der Waals surface area contributed by atoms with Crippen LogP contribution in [0, 0.1) is 11.3 Å². The molecule has 0 aliphatic rings. The number of rotatable bonds is 9. The molecule has 138 valence electrons. The van der Waals surface area contributed by atoms with Crippen LogP contribution in [0.3, 0.4) is 0 Å². The summed E-state index contributed by atoms with van der Waals surface area (Å²) in [5, 5.41) is 30.2. The van der Waals surface area contributed by atoms with E-state index < -0.39 is 11.6 Å². The molecule has 26 heavy (non-hydrogen) atoms. The first kappa shape index (κ1) is 19.9. The maximum absolute atomic E-state index is 10.1. The molecule has 0 saturated carbocycles. The molecule has 0 bridgehead atoms. The van der Waals surface area contributed by atoms with Crippen molar-refractivity contribution in [3.63, 3.8) is 0 Å². The van der Waals surface area contributed by atoms with Crippen molar-refractivity contribution in [1.29, 1.82) is 5.26 Å². The lowest BCUT2D eigenvalue weighted by molar-refractivity contribution is 0.0921. The highest BCUT2D eigenvalue weighted by Crippen LogP contribution is 2.16. The van der Waals surface area contributed by atoms with Crippen LogP contribution in [0.1, 0.15) is 19.4 Å². The van der Waals surface area contributed by atoms with E-state index in [9.17, 15) is 5.11 Å². The Kier molecular flexibility index (Phi) is 7.16. The molecule has 0 aliphatic heterocycles. The molecule has 1 atom stereocenters. The molecule has 0 spiro atoms. The van der Waals surface area contributed by atoms with Gasteiger partial charge in [-0.15, -0.1) is 10.2 Å². The number of aromatic nitrogens is 2. The SMILES string of the molecule is CC(C)(COc1ccc(Cl)nn1)NCC(O)COc1ccccc1C#N. The molecular formula is C18H21ClN4O3. The predicted molar refractivity (Wildman–Crippen MR) is 97.3 cm³/mol. The van der Waals surface area contributed by atoms with Crippen molar-refractivity contribution in [1.82, 2.24) is 15.5 Å². The summed E-state index contributed by atoms with van der Waals surface area (Å²) in [5.74, 6) is 0.833. The summed E-state index contributed by atoms with van der Waals surface area (Å²) in [5.41, 5.74) is 0.0258. The number of aliphatic hydroxyl groups excluding tert-OH is 1. The van der Waals surface area contributed by atoms with Crippen molar-refractivity contribution in [3.05, 3.63) is 47.1 Å². The highest BCUT2D eigenvalue weighted by atomic mass is 35.5. The molecule has 2 aromatic rings. The number of nitrogens with zero attached hydrogens (tertiary/aromatic N) is 3. The first-order chi connectivity index (χ1) is 12.4. The minimum Gasteiger partial charge on any atom is -0.489 e. The van der Waals surface area contributed by atoms with Gasteiger partial charge >= 0.3 is 0 Å². The van der Waals surface area contributed by atoms with E-state index in [0.717, 1.165) is 0 Å². The zero-order valence-corrected chi connectivity index (χ0v) is 15.4. The van der Waals surface area contributed by atoms with E-state index in [1.807, 2.05) is 13.8 Å². The van der Waals surface area contributed by atoms with Crippen molar-refractivity contribution in [3.8, 4) is 17.7 Å². The quantitative estimate of drug-likeness (QED) is 0.691. The molecule has 0 fully saturated rings. The number of aliphatic hydroxyl groups is 1. The zero-order valence-electron chi connectivity index (χ0n) is 14.6. The average molecular weight is 377 g/mol. The lowest BCUT2D eigenvalue weighted by atomic mass is 10.1. The van der Waals surface area contributed by atoms with E-state index in [1.165, 1.54) is 0 Å². The Morgan fingerprint density at radius 2 is 2.00 bits per heavy atom. The Morgan fingerprint density at radius 3 is 2.69 bits per heavy atom. The molecule has 0 aliphatic carbocycles. The average Bonchev–Trinajstić information content (AvgIpc) is 2.64. The first-order valence-corrected chi connectivity index (χ1v) is 8.44. The van der Waals surface area contributed by atoms with Gasteiger partial charge in [-0.2, -0.15) is 5.26 Å². The number of benzene rings is 1. The molecule has 1 aromatic carbocycles. The van der Waals surface area contributed by atoms with E-state index in [1.54, 1.807) is 36.4 Å². The molecule has 0 amide bonds. The van der Waals surface area contributed by atoms with Crippen molar-refractivity contribution in [2.45, 2.75) is 25.5 Å². The van der Waals surface area contributed by atoms with Gasteiger partial charge in [0.2, 0.25) is 5.88 Å². The minimum atomic E-state index is -0.739. The lowest BCUT2D eigenvalue weighted by Gasteiger charge is -2.27.